The summed E-state index contributed by atoms with van der Waals surface area (Å²) in [7, 11) is 3.15. The van der Waals surface area contributed by atoms with Gasteiger partial charge in [0.15, 0.2) is 5.65 Å². The van der Waals surface area contributed by atoms with Gasteiger partial charge in [-0.1, -0.05) is 6.42 Å². The molecule has 1 aliphatic rings. The van der Waals surface area contributed by atoms with E-state index < -0.39 is 0 Å². The molecule has 0 bridgehead atoms. The molecule has 2 aromatic heterocycles. The first-order valence-corrected chi connectivity index (χ1v) is 9.51. The molecule has 0 aliphatic carbocycles. The molecule has 3 aromatic rings. The second-order valence-electron chi connectivity index (χ2n) is 6.99. The Labute approximate surface area is 163 Å². The number of carbonyl (C=O) groups excluding carboxylic acids is 1. The van der Waals surface area contributed by atoms with Crippen LogP contribution in [-0.2, 0) is 13.0 Å². The van der Waals surface area contributed by atoms with Crippen LogP contribution in [0.2, 0.25) is 0 Å². The first-order chi connectivity index (χ1) is 13.6. The first-order valence-electron chi connectivity index (χ1n) is 9.51. The lowest BCUT2D eigenvalue weighted by atomic mass is 10.1. The van der Waals surface area contributed by atoms with E-state index in [1.54, 1.807) is 38.5 Å². The third kappa shape index (κ3) is 3.28. The highest BCUT2D eigenvalue weighted by atomic mass is 16.5. The van der Waals surface area contributed by atoms with Crippen molar-refractivity contribution in [2.45, 2.75) is 39.2 Å². The summed E-state index contributed by atoms with van der Waals surface area (Å²) in [6.07, 6.45) is 4.33. The largest absolute Gasteiger partial charge is 0.497 e. The van der Waals surface area contributed by atoms with E-state index in [1.807, 2.05) is 6.92 Å². The summed E-state index contributed by atoms with van der Waals surface area (Å²) in [5.74, 6) is 1.98. The Morgan fingerprint density at radius 2 is 1.96 bits per heavy atom. The number of amides is 1. The van der Waals surface area contributed by atoms with Gasteiger partial charge in [-0.15, -0.1) is 0 Å². The Balaban J connectivity index is 1.76. The molecule has 0 fully saturated rings. The molecule has 146 valence electrons. The van der Waals surface area contributed by atoms with Crippen molar-refractivity contribution in [3.8, 4) is 11.5 Å². The van der Waals surface area contributed by atoms with E-state index in [0.29, 0.717) is 28.3 Å². The van der Waals surface area contributed by atoms with E-state index in [-0.39, 0.29) is 5.91 Å². The predicted molar refractivity (Wildman–Crippen MR) is 107 cm³/mol. The number of ether oxygens (including phenoxy) is 2. The van der Waals surface area contributed by atoms with Crippen LogP contribution in [0.15, 0.2) is 24.3 Å². The van der Waals surface area contributed by atoms with Crippen molar-refractivity contribution >= 4 is 22.8 Å². The Kier molecular flexibility index (Phi) is 4.90. The Bertz CT molecular complexity index is 1040. The third-order valence-corrected chi connectivity index (χ3v) is 5.09. The van der Waals surface area contributed by atoms with Crippen molar-refractivity contribution in [2.75, 3.05) is 19.5 Å². The standard InChI is InChI=1S/C21H24N4O3/c1-13-11-15(19-20(22-13)25-10-6-4-5-7-18(25)24-19)21(26)23-16-12-14(27-2)8-9-17(16)28-3/h8-9,11-12H,4-7,10H2,1-3H3,(H,23,26). The molecule has 1 aromatic carbocycles. The molecule has 3 heterocycles. The molecule has 0 spiro atoms. The number of carbonyl (C=O) groups is 1. The SMILES string of the molecule is COc1ccc(OC)c(NC(=O)c2cc(C)nc3c2nc2n3CCCCC2)c1. The van der Waals surface area contributed by atoms with Crippen molar-refractivity contribution in [3.63, 3.8) is 0 Å². The quantitative estimate of drug-likeness (QED) is 0.746. The summed E-state index contributed by atoms with van der Waals surface area (Å²) >= 11 is 0. The van der Waals surface area contributed by atoms with Crippen LogP contribution < -0.4 is 14.8 Å². The molecule has 1 amide bonds. The van der Waals surface area contributed by atoms with E-state index in [4.69, 9.17) is 14.5 Å². The molecule has 7 nitrogen and oxygen atoms in total. The number of pyridine rings is 1. The number of nitrogens with zero attached hydrogens (tertiary/aromatic N) is 3. The highest BCUT2D eigenvalue weighted by Crippen LogP contribution is 2.30. The van der Waals surface area contributed by atoms with Gasteiger partial charge in [-0.05, 0) is 38.0 Å². The van der Waals surface area contributed by atoms with Gasteiger partial charge in [0.25, 0.3) is 5.91 Å². The van der Waals surface area contributed by atoms with Crippen LogP contribution in [0.5, 0.6) is 11.5 Å². The van der Waals surface area contributed by atoms with Crippen molar-refractivity contribution in [3.05, 3.63) is 41.3 Å². The summed E-state index contributed by atoms with van der Waals surface area (Å²) in [5.41, 5.74) is 3.31. The maximum Gasteiger partial charge on any atom is 0.258 e. The van der Waals surface area contributed by atoms with E-state index in [2.05, 4.69) is 14.9 Å². The average Bonchev–Trinajstić information content (AvgIpc) is 2.88. The fraction of sp³-hybridized carbons (Fsp3) is 0.381. The second-order valence-corrected chi connectivity index (χ2v) is 6.99. The molecule has 0 saturated carbocycles. The Hall–Kier alpha value is -3.09. The molecule has 0 radical (unpaired) electrons. The maximum atomic E-state index is 13.1. The number of rotatable bonds is 4. The fourth-order valence-corrected chi connectivity index (χ4v) is 3.69. The monoisotopic (exact) mass is 380 g/mol. The fourth-order valence-electron chi connectivity index (χ4n) is 3.69. The molecule has 28 heavy (non-hydrogen) atoms. The number of benzene rings is 1. The van der Waals surface area contributed by atoms with Gasteiger partial charge in [0.2, 0.25) is 0 Å². The molecule has 4 rings (SSSR count). The second kappa shape index (κ2) is 7.50. The number of aryl methyl sites for hydroxylation is 3. The Morgan fingerprint density at radius 3 is 2.75 bits per heavy atom. The number of methoxy groups -OCH3 is 2. The number of anilines is 1. The van der Waals surface area contributed by atoms with Crippen LogP contribution in [0.1, 0.15) is 41.1 Å². The average molecular weight is 380 g/mol. The molecule has 7 heteroatoms. The minimum absolute atomic E-state index is 0.240. The number of imidazole rings is 1. The number of nitrogens with one attached hydrogen (secondary N) is 1. The zero-order valence-electron chi connectivity index (χ0n) is 16.4. The van der Waals surface area contributed by atoms with E-state index >= 15 is 0 Å². The van der Waals surface area contributed by atoms with Crippen molar-refractivity contribution in [1.29, 1.82) is 0 Å². The van der Waals surface area contributed by atoms with Crippen LogP contribution in [0.4, 0.5) is 5.69 Å². The lowest BCUT2D eigenvalue weighted by molar-refractivity contribution is 0.102. The van der Waals surface area contributed by atoms with E-state index in [9.17, 15) is 4.79 Å². The van der Waals surface area contributed by atoms with E-state index in [1.165, 1.54) is 6.42 Å². The number of fused-ring (bicyclic) bond motifs is 3. The third-order valence-electron chi connectivity index (χ3n) is 5.09. The first kappa shape index (κ1) is 18.3. The summed E-state index contributed by atoms with van der Waals surface area (Å²) in [6, 6.07) is 7.08. The van der Waals surface area contributed by atoms with Gasteiger partial charge in [0, 0.05) is 24.7 Å². The predicted octanol–water partition coefficient (Wildman–Crippen LogP) is 3.74. The summed E-state index contributed by atoms with van der Waals surface area (Å²) in [6.45, 7) is 2.80. The van der Waals surface area contributed by atoms with Crippen molar-refractivity contribution in [1.82, 2.24) is 14.5 Å². The molecular weight excluding hydrogens is 356 g/mol. The summed E-state index contributed by atoms with van der Waals surface area (Å²) < 4.78 is 12.8. The Morgan fingerprint density at radius 1 is 1.11 bits per heavy atom. The van der Waals surface area contributed by atoms with E-state index in [0.717, 1.165) is 43.0 Å². The van der Waals surface area contributed by atoms with Crippen molar-refractivity contribution in [2.24, 2.45) is 0 Å². The van der Waals surface area contributed by atoms with Gasteiger partial charge >= 0.3 is 0 Å². The number of hydrogen-bond donors (Lipinski definition) is 1. The van der Waals surface area contributed by atoms with Crippen LogP contribution in [0.3, 0.4) is 0 Å². The van der Waals surface area contributed by atoms with Gasteiger partial charge in [0.05, 0.1) is 25.5 Å². The zero-order valence-corrected chi connectivity index (χ0v) is 16.4. The number of aromatic nitrogens is 3. The number of hydrogen-bond acceptors (Lipinski definition) is 5. The maximum absolute atomic E-state index is 13.1. The van der Waals surface area contributed by atoms with Gasteiger partial charge in [-0.2, -0.15) is 0 Å². The van der Waals surface area contributed by atoms with Gasteiger partial charge in [-0.3, -0.25) is 4.79 Å². The molecule has 0 saturated heterocycles. The molecular formula is C21H24N4O3. The molecule has 1 aliphatic heterocycles. The summed E-state index contributed by atoms with van der Waals surface area (Å²) in [5, 5.41) is 2.94. The van der Waals surface area contributed by atoms with Crippen LogP contribution in [0, 0.1) is 6.92 Å². The minimum Gasteiger partial charge on any atom is -0.497 e. The normalized spacial score (nSPS) is 13.7. The highest BCUT2D eigenvalue weighted by molar-refractivity contribution is 6.11. The lowest BCUT2D eigenvalue weighted by Crippen LogP contribution is -2.14. The van der Waals surface area contributed by atoms with Crippen molar-refractivity contribution < 1.29 is 14.3 Å². The minimum atomic E-state index is -0.240. The lowest BCUT2D eigenvalue weighted by Gasteiger charge is -2.12. The zero-order chi connectivity index (χ0) is 19.7. The molecule has 1 N–H and O–H groups in total. The molecule has 0 unspecified atom stereocenters. The highest BCUT2D eigenvalue weighted by Gasteiger charge is 2.21. The van der Waals surface area contributed by atoms with Crippen LogP contribution in [-0.4, -0.2) is 34.7 Å². The van der Waals surface area contributed by atoms with Gasteiger partial charge < -0.3 is 19.4 Å². The van der Waals surface area contributed by atoms with Crippen LogP contribution in [0.25, 0.3) is 11.2 Å². The van der Waals surface area contributed by atoms with Gasteiger partial charge in [-0.25, -0.2) is 9.97 Å². The smallest absolute Gasteiger partial charge is 0.258 e. The van der Waals surface area contributed by atoms with Gasteiger partial charge in [0.1, 0.15) is 22.8 Å². The molecule has 0 atom stereocenters. The topological polar surface area (TPSA) is 78.3 Å². The summed E-state index contributed by atoms with van der Waals surface area (Å²) in [4.78, 5) is 22.6. The van der Waals surface area contributed by atoms with Crippen LogP contribution >= 0.6 is 0 Å².